The number of methoxy groups -OCH3 is 1. The smallest absolute Gasteiger partial charge is 0.0766 e. The molecule has 20 heavy (non-hydrogen) atoms. The van der Waals surface area contributed by atoms with E-state index in [1.165, 1.54) is 5.56 Å². The van der Waals surface area contributed by atoms with Crippen molar-refractivity contribution in [2.75, 3.05) is 20.3 Å². The lowest BCUT2D eigenvalue weighted by atomic mass is 10.1. The van der Waals surface area contributed by atoms with Gasteiger partial charge in [-0.15, -0.1) is 0 Å². The minimum Gasteiger partial charge on any atom is -0.384 e. The molecule has 1 N–H and O–H groups in total. The molecule has 2 rings (SSSR count). The molecule has 0 aliphatic rings. The quantitative estimate of drug-likeness (QED) is 0.751. The first-order chi connectivity index (χ1) is 9.85. The van der Waals surface area contributed by atoms with Gasteiger partial charge in [0.05, 0.1) is 18.0 Å². The first-order valence-corrected chi connectivity index (χ1v) is 7.17. The number of benzene rings is 1. The van der Waals surface area contributed by atoms with Crippen LogP contribution in [0.4, 0.5) is 0 Å². The summed E-state index contributed by atoms with van der Waals surface area (Å²) in [6, 6.07) is 10.4. The molecule has 0 unspecified atom stereocenters. The molecule has 1 aromatic heterocycles. The molecule has 0 saturated heterocycles. The summed E-state index contributed by atoms with van der Waals surface area (Å²) >= 11 is 0. The number of nitrogens with one attached hydrogen (secondary N) is 1. The van der Waals surface area contributed by atoms with Gasteiger partial charge in [-0.05, 0) is 37.1 Å². The Hall–Kier alpha value is -1.65. The van der Waals surface area contributed by atoms with Crippen LogP contribution in [0, 0.1) is 0 Å². The van der Waals surface area contributed by atoms with Crippen LogP contribution in [0.25, 0.3) is 5.69 Å². The van der Waals surface area contributed by atoms with E-state index >= 15 is 0 Å². The van der Waals surface area contributed by atoms with Crippen LogP contribution in [0.15, 0.2) is 36.5 Å². The fourth-order valence-electron chi connectivity index (χ4n) is 2.14. The van der Waals surface area contributed by atoms with Crippen LogP contribution >= 0.6 is 0 Å². The molecule has 0 aliphatic carbocycles. The lowest BCUT2D eigenvalue weighted by molar-refractivity contribution is 0.202. The molecule has 0 fully saturated rings. The summed E-state index contributed by atoms with van der Waals surface area (Å²) in [4.78, 5) is 0. The average molecular weight is 273 g/mol. The van der Waals surface area contributed by atoms with E-state index in [9.17, 15) is 0 Å². The van der Waals surface area contributed by atoms with Crippen molar-refractivity contribution < 1.29 is 4.74 Å². The zero-order valence-corrected chi connectivity index (χ0v) is 12.3. The predicted octanol–water partition coefficient (Wildman–Crippen LogP) is 2.56. The summed E-state index contributed by atoms with van der Waals surface area (Å²) in [5, 5.41) is 8.00. The molecule has 0 atom stereocenters. The Morgan fingerprint density at radius 3 is 2.90 bits per heavy atom. The van der Waals surface area contributed by atoms with Crippen LogP contribution in [0.5, 0.6) is 0 Å². The SMILES string of the molecule is CCCNCc1ccn(-c2ccccc2CCOC)n1. The van der Waals surface area contributed by atoms with Crippen molar-refractivity contribution in [3.8, 4) is 5.69 Å². The molecule has 108 valence electrons. The average Bonchev–Trinajstić information content (AvgIpc) is 2.94. The number of hydrogen-bond acceptors (Lipinski definition) is 3. The zero-order valence-electron chi connectivity index (χ0n) is 12.3. The Balaban J connectivity index is 2.11. The van der Waals surface area contributed by atoms with Crippen molar-refractivity contribution in [1.29, 1.82) is 0 Å². The number of para-hydroxylation sites is 1. The number of nitrogens with zero attached hydrogens (tertiary/aromatic N) is 2. The summed E-state index contributed by atoms with van der Waals surface area (Å²) in [5.41, 5.74) is 3.46. The lowest BCUT2D eigenvalue weighted by Gasteiger charge is -2.09. The van der Waals surface area contributed by atoms with E-state index in [1.54, 1.807) is 7.11 Å². The lowest BCUT2D eigenvalue weighted by Crippen LogP contribution is -2.14. The van der Waals surface area contributed by atoms with E-state index in [2.05, 4.69) is 41.6 Å². The van der Waals surface area contributed by atoms with Gasteiger partial charge in [0.1, 0.15) is 0 Å². The third kappa shape index (κ3) is 3.92. The third-order valence-corrected chi connectivity index (χ3v) is 3.19. The first-order valence-electron chi connectivity index (χ1n) is 7.17. The van der Waals surface area contributed by atoms with Gasteiger partial charge in [-0.25, -0.2) is 4.68 Å². The zero-order chi connectivity index (χ0) is 14.2. The largest absolute Gasteiger partial charge is 0.384 e. The van der Waals surface area contributed by atoms with Crippen LogP contribution < -0.4 is 5.32 Å². The molecule has 1 aromatic carbocycles. The van der Waals surface area contributed by atoms with Gasteiger partial charge in [0.15, 0.2) is 0 Å². The molecule has 1 heterocycles. The van der Waals surface area contributed by atoms with Crippen molar-refractivity contribution >= 4 is 0 Å². The summed E-state index contributed by atoms with van der Waals surface area (Å²) in [6.07, 6.45) is 4.06. The topological polar surface area (TPSA) is 39.1 Å². The molecular formula is C16H23N3O. The van der Waals surface area contributed by atoms with Crippen molar-refractivity contribution in [2.45, 2.75) is 26.3 Å². The van der Waals surface area contributed by atoms with Gasteiger partial charge in [0.2, 0.25) is 0 Å². The fraction of sp³-hybridized carbons (Fsp3) is 0.438. The maximum atomic E-state index is 5.17. The summed E-state index contributed by atoms with van der Waals surface area (Å²) in [7, 11) is 1.73. The second-order valence-electron chi connectivity index (χ2n) is 4.80. The molecule has 2 aromatic rings. The van der Waals surface area contributed by atoms with Gasteiger partial charge >= 0.3 is 0 Å². The maximum absolute atomic E-state index is 5.17. The Kier molecular flexibility index (Phi) is 5.77. The molecule has 0 aliphatic heterocycles. The van der Waals surface area contributed by atoms with E-state index in [0.29, 0.717) is 0 Å². The van der Waals surface area contributed by atoms with Gasteiger partial charge in [0, 0.05) is 19.9 Å². The van der Waals surface area contributed by atoms with Crippen LogP contribution in [0.1, 0.15) is 24.6 Å². The molecule has 0 bridgehead atoms. The summed E-state index contributed by atoms with van der Waals surface area (Å²) in [5.74, 6) is 0. The van der Waals surface area contributed by atoms with Crippen molar-refractivity contribution in [3.63, 3.8) is 0 Å². The van der Waals surface area contributed by atoms with Crippen LogP contribution in [-0.4, -0.2) is 30.0 Å². The van der Waals surface area contributed by atoms with E-state index < -0.39 is 0 Å². The fourth-order valence-corrected chi connectivity index (χ4v) is 2.14. The standard InChI is InChI=1S/C16H23N3O/c1-3-10-17-13-15-8-11-19(18-15)16-7-5-4-6-14(16)9-12-20-2/h4-8,11,17H,3,9-10,12-13H2,1-2H3. The Morgan fingerprint density at radius 1 is 1.25 bits per heavy atom. The Bertz CT molecular complexity index is 522. The van der Waals surface area contributed by atoms with Crippen LogP contribution in [0.2, 0.25) is 0 Å². The number of hydrogen-bond donors (Lipinski definition) is 1. The molecule has 0 radical (unpaired) electrons. The molecule has 4 heteroatoms. The molecule has 4 nitrogen and oxygen atoms in total. The summed E-state index contributed by atoms with van der Waals surface area (Å²) in [6.45, 7) is 4.74. The van der Waals surface area contributed by atoms with Gasteiger partial charge in [-0.1, -0.05) is 25.1 Å². The van der Waals surface area contributed by atoms with Crippen molar-refractivity contribution in [3.05, 3.63) is 47.8 Å². The highest BCUT2D eigenvalue weighted by Crippen LogP contribution is 2.15. The predicted molar refractivity (Wildman–Crippen MR) is 81.1 cm³/mol. The maximum Gasteiger partial charge on any atom is 0.0766 e. The highest BCUT2D eigenvalue weighted by Gasteiger charge is 2.06. The monoisotopic (exact) mass is 273 g/mol. The Labute approximate surface area is 120 Å². The highest BCUT2D eigenvalue weighted by atomic mass is 16.5. The van der Waals surface area contributed by atoms with Gasteiger partial charge in [-0.3, -0.25) is 0 Å². The van der Waals surface area contributed by atoms with Gasteiger partial charge in [0.25, 0.3) is 0 Å². The normalized spacial score (nSPS) is 10.9. The molecular weight excluding hydrogens is 250 g/mol. The van der Waals surface area contributed by atoms with E-state index in [0.717, 1.165) is 43.9 Å². The highest BCUT2D eigenvalue weighted by molar-refractivity contribution is 5.40. The minimum absolute atomic E-state index is 0.725. The Morgan fingerprint density at radius 2 is 2.10 bits per heavy atom. The van der Waals surface area contributed by atoms with Crippen LogP contribution in [-0.2, 0) is 17.7 Å². The van der Waals surface area contributed by atoms with E-state index in [1.807, 2.05) is 16.9 Å². The molecule has 0 amide bonds. The molecule has 0 saturated carbocycles. The number of aromatic nitrogens is 2. The van der Waals surface area contributed by atoms with Crippen molar-refractivity contribution in [2.24, 2.45) is 0 Å². The number of rotatable bonds is 8. The van der Waals surface area contributed by atoms with Gasteiger partial charge < -0.3 is 10.1 Å². The van der Waals surface area contributed by atoms with E-state index in [-0.39, 0.29) is 0 Å². The minimum atomic E-state index is 0.725. The van der Waals surface area contributed by atoms with Crippen molar-refractivity contribution in [1.82, 2.24) is 15.1 Å². The van der Waals surface area contributed by atoms with Gasteiger partial charge in [-0.2, -0.15) is 5.10 Å². The third-order valence-electron chi connectivity index (χ3n) is 3.19. The second kappa shape index (κ2) is 7.82. The van der Waals surface area contributed by atoms with Crippen LogP contribution in [0.3, 0.4) is 0 Å². The van der Waals surface area contributed by atoms with E-state index in [4.69, 9.17) is 4.74 Å². The summed E-state index contributed by atoms with van der Waals surface area (Å²) < 4.78 is 7.12. The second-order valence-corrected chi connectivity index (χ2v) is 4.80. The number of ether oxygens (including phenoxy) is 1. The first kappa shape index (κ1) is 14.8. The molecule has 0 spiro atoms.